The number of hydrogen-bond acceptors (Lipinski definition) is 3. The van der Waals surface area contributed by atoms with Crippen LogP contribution in [0, 0.1) is 0 Å². The zero-order valence-electron chi connectivity index (χ0n) is 11.3. The van der Waals surface area contributed by atoms with E-state index in [1.54, 1.807) is 11.8 Å². The van der Waals surface area contributed by atoms with Gasteiger partial charge in [-0.15, -0.1) is 24.4 Å². The average Bonchev–Trinajstić information content (AvgIpc) is 2.53. The number of nitrogens with zero attached hydrogens (tertiary/aromatic N) is 1. The lowest BCUT2D eigenvalue weighted by Gasteiger charge is -2.20. The number of thiol groups is 1. The molecule has 0 amide bonds. The molecule has 0 aliphatic carbocycles. The molecule has 1 nitrogen and oxygen atoms in total. The van der Waals surface area contributed by atoms with Gasteiger partial charge in [-0.05, 0) is 43.2 Å². The second-order valence-electron chi connectivity index (χ2n) is 4.03. The molecule has 0 fully saturated rings. The smallest absolute Gasteiger partial charge is 0.0408 e. The zero-order valence-corrected chi connectivity index (χ0v) is 13.0. The van der Waals surface area contributed by atoms with E-state index in [-0.39, 0.29) is 0 Å². The number of fused-ring (bicyclic) bond motifs is 1. The summed E-state index contributed by atoms with van der Waals surface area (Å²) in [7, 11) is 2.19. The van der Waals surface area contributed by atoms with Crippen molar-refractivity contribution in [3.8, 4) is 0 Å². The van der Waals surface area contributed by atoms with Crippen LogP contribution >= 0.6 is 24.4 Å². The van der Waals surface area contributed by atoms with Gasteiger partial charge in [0.2, 0.25) is 0 Å². The van der Waals surface area contributed by atoms with Crippen LogP contribution in [0.2, 0.25) is 0 Å². The van der Waals surface area contributed by atoms with Gasteiger partial charge < -0.3 is 4.90 Å². The molecule has 1 aliphatic rings. The van der Waals surface area contributed by atoms with E-state index in [2.05, 4.69) is 43.0 Å². The maximum absolute atomic E-state index is 4.54. The minimum absolute atomic E-state index is 1.12. The van der Waals surface area contributed by atoms with Crippen LogP contribution in [-0.4, -0.2) is 19.8 Å². The van der Waals surface area contributed by atoms with E-state index in [1.165, 1.54) is 42.0 Å². The molecule has 3 heteroatoms. The van der Waals surface area contributed by atoms with E-state index in [4.69, 9.17) is 0 Å². The molecule has 1 aliphatic heterocycles. The maximum Gasteiger partial charge on any atom is 0.0408 e. The molecule has 0 spiro atoms. The van der Waals surface area contributed by atoms with Gasteiger partial charge in [0.05, 0.1) is 0 Å². The molecule has 0 saturated carbocycles. The van der Waals surface area contributed by atoms with Crippen molar-refractivity contribution in [2.75, 3.05) is 24.7 Å². The summed E-state index contributed by atoms with van der Waals surface area (Å²) in [5, 5.41) is 0. The molecule has 2 rings (SSSR count). The highest BCUT2D eigenvalue weighted by Crippen LogP contribution is 2.34. The number of thioether (sulfide) groups is 1. The van der Waals surface area contributed by atoms with Gasteiger partial charge in [0.1, 0.15) is 0 Å². The molecule has 1 heterocycles. The Bertz CT molecular complexity index is 363. The molecular weight excluding hydrogens is 246 g/mol. The van der Waals surface area contributed by atoms with Crippen LogP contribution in [0.25, 0.3) is 0 Å². The molecule has 0 aromatic heterocycles. The summed E-state index contributed by atoms with van der Waals surface area (Å²) in [5.74, 6) is 0. The lowest BCUT2D eigenvalue weighted by atomic mass is 10.1. The molecule has 1 aromatic carbocycles. The molecule has 0 N–H and O–H groups in total. The Balaban J connectivity index is 0.000000686. The van der Waals surface area contributed by atoms with Crippen molar-refractivity contribution >= 4 is 30.1 Å². The number of hydrogen-bond donors (Lipinski definition) is 1. The van der Waals surface area contributed by atoms with Crippen LogP contribution in [-0.2, 0) is 6.42 Å². The first-order valence-electron chi connectivity index (χ1n) is 6.33. The lowest BCUT2D eigenvalue weighted by molar-refractivity contribution is 0.749. The van der Waals surface area contributed by atoms with E-state index in [0.29, 0.717) is 0 Å². The fourth-order valence-electron chi connectivity index (χ4n) is 2.10. The second-order valence-corrected chi connectivity index (χ2v) is 5.36. The highest BCUT2D eigenvalue weighted by molar-refractivity contribution is 7.99. The normalized spacial score (nSPS) is 14.5. The van der Waals surface area contributed by atoms with E-state index in [0.717, 1.165) is 4.90 Å². The fourth-order valence-corrected chi connectivity index (χ4v) is 3.10. The number of benzene rings is 1. The van der Waals surface area contributed by atoms with Gasteiger partial charge in [-0.3, -0.25) is 0 Å². The van der Waals surface area contributed by atoms with Crippen molar-refractivity contribution in [1.82, 2.24) is 0 Å². The van der Waals surface area contributed by atoms with E-state index >= 15 is 0 Å². The predicted molar refractivity (Wildman–Crippen MR) is 83.0 cm³/mol. The Morgan fingerprint density at radius 1 is 1.24 bits per heavy atom. The number of rotatable bonds is 1. The second kappa shape index (κ2) is 7.22. The monoisotopic (exact) mass is 269 g/mol. The van der Waals surface area contributed by atoms with Gasteiger partial charge in [-0.25, -0.2) is 0 Å². The van der Waals surface area contributed by atoms with Crippen molar-refractivity contribution in [2.45, 2.75) is 42.9 Å². The minimum atomic E-state index is 1.12. The van der Waals surface area contributed by atoms with Crippen molar-refractivity contribution < 1.29 is 0 Å². The molecule has 0 saturated heterocycles. The van der Waals surface area contributed by atoms with Crippen LogP contribution in [0.3, 0.4) is 0 Å². The molecule has 96 valence electrons. The Kier molecular flexibility index (Phi) is 6.28. The summed E-state index contributed by atoms with van der Waals surface area (Å²) in [5.41, 5.74) is 2.85. The summed E-state index contributed by atoms with van der Waals surface area (Å²) in [6.07, 6.45) is 5.89. The third kappa shape index (κ3) is 3.59. The summed E-state index contributed by atoms with van der Waals surface area (Å²) in [4.78, 5) is 4.78. The average molecular weight is 269 g/mol. The number of anilines is 1. The molecular formula is C14H23NS2. The quantitative estimate of drug-likeness (QED) is 0.591. The molecule has 0 radical (unpaired) electrons. The molecule has 0 unspecified atom stereocenters. The molecule has 17 heavy (non-hydrogen) atoms. The van der Waals surface area contributed by atoms with Crippen molar-refractivity contribution in [3.63, 3.8) is 0 Å². The van der Waals surface area contributed by atoms with Crippen molar-refractivity contribution in [3.05, 3.63) is 17.7 Å². The SMILES string of the molecule is CC.CSc1cc2c(cc1S)CCCCN2C. The number of aryl methyl sites for hydroxylation is 1. The summed E-state index contributed by atoms with van der Waals surface area (Å²) < 4.78 is 0. The molecule has 0 atom stereocenters. The van der Waals surface area contributed by atoms with Crippen molar-refractivity contribution in [2.24, 2.45) is 0 Å². The van der Waals surface area contributed by atoms with E-state index in [9.17, 15) is 0 Å². The topological polar surface area (TPSA) is 3.24 Å². The Labute approximate surface area is 115 Å². The lowest BCUT2D eigenvalue weighted by Crippen LogP contribution is -2.17. The minimum Gasteiger partial charge on any atom is -0.374 e. The largest absolute Gasteiger partial charge is 0.374 e. The molecule has 0 bridgehead atoms. The summed E-state index contributed by atoms with van der Waals surface area (Å²) in [6, 6.07) is 4.53. The standard InChI is InChI=1S/C12H17NS2.C2H6/c1-13-6-4-3-5-9-7-11(14)12(15-2)8-10(9)13;1-2/h7-8,14H,3-6H2,1-2H3;1-2H3. The van der Waals surface area contributed by atoms with Crippen molar-refractivity contribution in [1.29, 1.82) is 0 Å². The van der Waals surface area contributed by atoms with E-state index < -0.39 is 0 Å². The fraction of sp³-hybridized carbons (Fsp3) is 0.571. The van der Waals surface area contributed by atoms with E-state index in [1.807, 2.05) is 13.8 Å². The van der Waals surface area contributed by atoms with Crippen LogP contribution in [0.15, 0.2) is 21.9 Å². The summed E-state index contributed by atoms with van der Waals surface area (Å²) in [6.45, 7) is 5.17. The third-order valence-electron chi connectivity index (χ3n) is 2.98. The molecule has 1 aromatic rings. The van der Waals surface area contributed by atoms with Gasteiger partial charge in [0.15, 0.2) is 0 Å². The van der Waals surface area contributed by atoms with Gasteiger partial charge >= 0.3 is 0 Å². The van der Waals surface area contributed by atoms with Gasteiger partial charge in [-0.2, -0.15) is 0 Å². The summed E-state index contributed by atoms with van der Waals surface area (Å²) >= 11 is 6.31. The first kappa shape index (κ1) is 14.8. The Morgan fingerprint density at radius 3 is 2.59 bits per heavy atom. The van der Waals surface area contributed by atoms with Crippen LogP contribution in [0.1, 0.15) is 32.3 Å². The first-order valence-corrected chi connectivity index (χ1v) is 8.00. The maximum atomic E-state index is 4.54. The van der Waals surface area contributed by atoms with Crippen LogP contribution in [0.5, 0.6) is 0 Å². The zero-order chi connectivity index (χ0) is 12.8. The highest BCUT2D eigenvalue weighted by Gasteiger charge is 2.14. The Hall–Kier alpha value is -0.280. The predicted octanol–water partition coefficient (Wildman–Crippen LogP) is 4.50. The third-order valence-corrected chi connectivity index (χ3v) is 4.28. The highest BCUT2D eigenvalue weighted by atomic mass is 32.2. The van der Waals surface area contributed by atoms with Gasteiger partial charge in [0.25, 0.3) is 0 Å². The van der Waals surface area contributed by atoms with Gasteiger partial charge in [-0.1, -0.05) is 13.8 Å². The van der Waals surface area contributed by atoms with Crippen LogP contribution in [0.4, 0.5) is 5.69 Å². The first-order chi connectivity index (χ1) is 8.22. The van der Waals surface area contributed by atoms with Gasteiger partial charge in [0, 0.05) is 29.1 Å². The Morgan fingerprint density at radius 2 is 1.94 bits per heavy atom. The van der Waals surface area contributed by atoms with Crippen LogP contribution < -0.4 is 4.90 Å².